The Hall–Kier alpha value is -3.60. The third kappa shape index (κ3) is 5.09. The van der Waals surface area contributed by atoms with Gasteiger partial charge in [0.2, 0.25) is 5.71 Å². The number of carbonyl (C=O) groups is 1. The molecule has 11 heteroatoms. The molecule has 0 unspecified atom stereocenters. The molecule has 0 aliphatic heterocycles. The maximum Gasteiger partial charge on any atom is 0.342 e. The number of aromatic nitrogens is 5. The van der Waals surface area contributed by atoms with Gasteiger partial charge in [-0.05, 0) is 44.5 Å². The smallest absolute Gasteiger partial charge is 0.342 e. The molecule has 184 valence electrons. The Labute approximate surface area is 207 Å². The second-order valence-electron chi connectivity index (χ2n) is 7.79. The highest BCUT2D eigenvalue weighted by Gasteiger charge is 2.24. The van der Waals surface area contributed by atoms with E-state index in [1.807, 2.05) is 24.3 Å². The number of nitrogens with zero attached hydrogens (tertiary/aromatic N) is 5. The van der Waals surface area contributed by atoms with E-state index < -0.39 is 5.97 Å². The second kappa shape index (κ2) is 10.8. The molecule has 3 heterocycles. The number of ether oxygens (including phenoxy) is 2. The number of hydrogen-bond acceptors (Lipinski definition) is 10. The number of hydrogen-bond donors (Lipinski definition) is 1. The number of benzene rings is 1. The normalized spacial score (nSPS) is 11.2. The lowest BCUT2D eigenvalue weighted by atomic mass is 10.2. The highest BCUT2D eigenvalue weighted by molar-refractivity contribution is 7.98. The van der Waals surface area contributed by atoms with Crippen molar-refractivity contribution in [3.63, 3.8) is 0 Å². The van der Waals surface area contributed by atoms with Gasteiger partial charge in [-0.2, -0.15) is 4.98 Å². The SMILES string of the molecule is CCCCn1c(SCc2nc(N)c3c(C(=O)OCC)c(C)oc3n2)nnc1-c1ccc(OC)cc1. The van der Waals surface area contributed by atoms with E-state index in [1.165, 1.54) is 11.8 Å². The lowest BCUT2D eigenvalue weighted by Crippen LogP contribution is -2.07. The third-order valence-electron chi connectivity index (χ3n) is 5.41. The van der Waals surface area contributed by atoms with Crippen molar-refractivity contribution >= 4 is 34.6 Å². The van der Waals surface area contributed by atoms with Crippen molar-refractivity contribution in [2.45, 2.75) is 51.1 Å². The number of carbonyl (C=O) groups excluding carboxylic acids is 1. The number of furan rings is 1. The van der Waals surface area contributed by atoms with Crippen LogP contribution in [0.4, 0.5) is 5.82 Å². The Morgan fingerprint density at radius 1 is 1.17 bits per heavy atom. The van der Waals surface area contributed by atoms with E-state index in [9.17, 15) is 4.79 Å². The number of methoxy groups -OCH3 is 1. The van der Waals surface area contributed by atoms with Crippen LogP contribution in [0, 0.1) is 6.92 Å². The maximum atomic E-state index is 12.3. The van der Waals surface area contributed by atoms with Gasteiger partial charge in [-0.3, -0.25) is 0 Å². The fraction of sp³-hybridized carbons (Fsp3) is 0.375. The van der Waals surface area contributed by atoms with E-state index in [-0.39, 0.29) is 23.7 Å². The summed E-state index contributed by atoms with van der Waals surface area (Å²) in [5, 5.41) is 10.0. The topological polar surface area (TPSA) is 131 Å². The van der Waals surface area contributed by atoms with Gasteiger partial charge in [-0.1, -0.05) is 25.1 Å². The summed E-state index contributed by atoms with van der Waals surface area (Å²) in [6, 6.07) is 7.75. The Kier molecular flexibility index (Phi) is 7.54. The van der Waals surface area contributed by atoms with E-state index in [4.69, 9.17) is 19.6 Å². The van der Waals surface area contributed by atoms with Crippen LogP contribution in [0.1, 0.15) is 48.6 Å². The second-order valence-corrected chi connectivity index (χ2v) is 8.73. The molecule has 0 aliphatic carbocycles. The molecule has 3 aromatic heterocycles. The number of rotatable bonds is 10. The van der Waals surface area contributed by atoms with E-state index in [0.29, 0.717) is 22.7 Å². The molecule has 2 N–H and O–H groups in total. The van der Waals surface area contributed by atoms with Gasteiger partial charge in [-0.15, -0.1) is 10.2 Å². The van der Waals surface area contributed by atoms with Gasteiger partial charge in [0, 0.05) is 12.1 Å². The predicted octanol–water partition coefficient (Wildman–Crippen LogP) is 4.65. The highest BCUT2D eigenvalue weighted by Crippen LogP contribution is 2.31. The van der Waals surface area contributed by atoms with Crippen molar-refractivity contribution in [3.05, 3.63) is 41.4 Å². The average Bonchev–Trinajstić information content (AvgIpc) is 3.41. The molecule has 1 aromatic carbocycles. The summed E-state index contributed by atoms with van der Waals surface area (Å²) in [7, 11) is 1.64. The fourth-order valence-corrected chi connectivity index (χ4v) is 4.51. The minimum Gasteiger partial charge on any atom is -0.497 e. The molecule has 0 aliphatic rings. The first-order valence-electron chi connectivity index (χ1n) is 11.4. The summed E-state index contributed by atoms with van der Waals surface area (Å²) in [4.78, 5) is 21.3. The predicted molar refractivity (Wildman–Crippen MR) is 133 cm³/mol. The van der Waals surface area contributed by atoms with Crippen LogP contribution in [-0.2, 0) is 17.0 Å². The first-order chi connectivity index (χ1) is 17.0. The van der Waals surface area contributed by atoms with Gasteiger partial charge in [0.05, 0.1) is 24.9 Å². The van der Waals surface area contributed by atoms with E-state index >= 15 is 0 Å². The summed E-state index contributed by atoms with van der Waals surface area (Å²) in [6.07, 6.45) is 2.04. The quantitative estimate of drug-likeness (QED) is 0.244. The van der Waals surface area contributed by atoms with Gasteiger partial charge in [-0.25, -0.2) is 9.78 Å². The minimum absolute atomic E-state index is 0.178. The third-order valence-corrected chi connectivity index (χ3v) is 6.37. The zero-order valence-electron chi connectivity index (χ0n) is 20.2. The molecule has 35 heavy (non-hydrogen) atoms. The van der Waals surface area contributed by atoms with Crippen molar-refractivity contribution in [2.24, 2.45) is 0 Å². The van der Waals surface area contributed by atoms with E-state index in [1.54, 1.807) is 21.0 Å². The molecule has 4 aromatic rings. The maximum absolute atomic E-state index is 12.3. The molecule has 0 saturated carbocycles. The van der Waals surface area contributed by atoms with Crippen molar-refractivity contribution < 1.29 is 18.7 Å². The largest absolute Gasteiger partial charge is 0.497 e. The molecule has 0 bridgehead atoms. The van der Waals surface area contributed by atoms with Crippen LogP contribution >= 0.6 is 11.8 Å². The zero-order chi connectivity index (χ0) is 24.9. The first-order valence-corrected chi connectivity index (χ1v) is 12.4. The van der Waals surface area contributed by atoms with Crippen LogP contribution < -0.4 is 10.5 Å². The van der Waals surface area contributed by atoms with Gasteiger partial charge < -0.3 is 24.2 Å². The first kappa shape index (κ1) is 24.5. The zero-order valence-corrected chi connectivity index (χ0v) is 21.0. The van der Waals surface area contributed by atoms with Gasteiger partial charge >= 0.3 is 5.97 Å². The van der Waals surface area contributed by atoms with E-state index in [2.05, 4.69) is 31.7 Å². The van der Waals surface area contributed by atoms with Crippen molar-refractivity contribution in [1.82, 2.24) is 24.7 Å². The molecule has 0 radical (unpaired) electrons. The molecule has 0 saturated heterocycles. The number of nitrogens with two attached hydrogens (primary N) is 1. The van der Waals surface area contributed by atoms with Crippen molar-refractivity contribution in [3.8, 4) is 17.1 Å². The Morgan fingerprint density at radius 3 is 2.63 bits per heavy atom. The standard InChI is InChI=1S/C24H28N6O4S/c1-5-7-12-30-21(15-8-10-16(32-4)11-9-15)28-29-24(30)35-13-17-26-20(25)19-18(23(31)33-6-2)14(3)34-22(19)27-17/h8-11H,5-7,12-13H2,1-4H3,(H2,25,26,27). The number of anilines is 1. The van der Waals surface area contributed by atoms with Crippen LogP contribution in [0.5, 0.6) is 5.75 Å². The molecular weight excluding hydrogens is 468 g/mol. The van der Waals surface area contributed by atoms with Crippen LogP contribution in [0.3, 0.4) is 0 Å². The van der Waals surface area contributed by atoms with Crippen LogP contribution in [0.2, 0.25) is 0 Å². The summed E-state index contributed by atoms with van der Waals surface area (Å²) in [5.41, 5.74) is 7.69. The van der Waals surface area contributed by atoms with Crippen LogP contribution in [-0.4, -0.2) is 44.4 Å². The summed E-state index contributed by atoms with van der Waals surface area (Å²) in [5.74, 6) is 2.52. The van der Waals surface area contributed by atoms with E-state index in [0.717, 1.165) is 41.7 Å². The van der Waals surface area contributed by atoms with Crippen LogP contribution in [0.15, 0.2) is 33.8 Å². The number of fused-ring (bicyclic) bond motifs is 1. The lowest BCUT2D eigenvalue weighted by molar-refractivity contribution is 0.0526. The fourth-order valence-electron chi connectivity index (χ4n) is 3.69. The highest BCUT2D eigenvalue weighted by atomic mass is 32.2. The molecule has 0 atom stereocenters. The number of thioether (sulfide) groups is 1. The van der Waals surface area contributed by atoms with Crippen molar-refractivity contribution in [1.29, 1.82) is 0 Å². The Balaban J connectivity index is 1.60. The van der Waals surface area contributed by atoms with Crippen LogP contribution in [0.25, 0.3) is 22.5 Å². The molecule has 4 rings (SSSR count). The molecule has 10 nitrogen and oxygen atoms in total. The number of unbranched alkanes of at least 4 members (excludes halogenated alkanes) is 1. The molecule has 0 spiro atoms. The minimum atomic E-state index is -0.503. The number of aryl methyl sites for hydroxylation is 1. The Bertz CT molecular complexity index is 1330. The van der Waals surface area contributed by atoms with Gasteiger partial charge in [0.15, 0.2) is 11.0 Å². The number of nitrogen functional groups attached to an aromatic ring is 1. The summed E-state index contributed by atoms with van der Waals surface area (Å²) >= 11 is 1.47. The van der Waals surface area contributed by atoms with Crippen molar-refractivity contribution in [2.75, 3.05) is 19.5 Å². The number of esters is 1. The molecule has 0 fully saturated rings. The Morgan fingerprint density at radius 2 is 1.94 bits per heavy atom. The lowest BCUT2D eigenvalue weighted by Gasteiger charge is -2.10. The summed E-state index contributed by atoms with van der Waals surface area (Å²) in [6.45, 7) is 6.60. The molecular formula is C24H28N6O4S. The average molecular weight is 497 g/mol. The van der Waals surface area contributed by atoms with Gasteiger partial charge in [0.25, 0.3) is 0 Å². The summed E-state index contributed by atoms with van der Waals surface area (Å²) < 4.78 is 18.2. The van der Waals surface area contributed by atoms with Gasteiger partial charge in [0.1, 0.15) is 28.7 Å². The monoisotopic (exact) mass is 496 g/mol. The molecule has 0 amide bonds.